The second-order valence-electron chi connectivity index (χ2n) is 7.58. The van der Waals surface area contributed by atoms with Crippen molar-refractivity contribution in [1.82, 2.24) is 0 Å². The minimum absolute atomic E-state index is 0.169. The van der Waals surface area contributed by atoms with Crippen molar-refractivity contribution in [3.05, 3.63) is 50.6 Å². The first kappa shape index (κ1) is 29.0. The summed E-state index contributed by atoms with van der Waals surface area (Å²) in [6, 6.07) is 0. The Bertz CT molecular complexity index is 536. The highest BCUT2D eigenvalue weighted by Gasteiger charge is 2.22. The van der Waals surface area contributed by atoms with E-state index in [1.54, 1.807) is 0 Å². The number of carbonyl (C=O) groups is 4. The smallest absolute Gasteiger partial charge is 0.330 e. The van der Waals surface area contributed by atoms with E-state index in [-0.39, 0.29) is 26.4 Å². The van der Waals surface area contributed by atoms with Crippen LogP contribution in [-0.2, 0) is 38.1 Å². The van der Waals surface area contributed by atoms with Gasteiger partial charge in [0.25, 0.3) is 0 Å². The van der Waals surface area contributed by atoms with Crippen molar-refractivity contribution in [2.24, 2.45) is 10.8 Å². The van der Waals surface area contributed by atoms with Gasteiger partial charge in [0.1, 0.15) is 0 Å². The van der Waals surface area contributed by atoms with Crippen molar-refractivity contribution in [1.29, 1.82) is 0 Å². The fourth-order valence-corrected chi connectivity index (χ4v) is 1.39. The lowest BCUT2D eigenvalue weighted by atomic mass is 9.96. The Labute approximate surface area is 178 Å². The first-order chi connectivity index (χ1) is 13.8. The molecule has 0 amide bonds. The molecule has 8 nitrogen and oxygen atoms in total. The zero-order valence-corrected chi connectivity index (χ0v) is 18.2. The Morgan fingerprint density at radius 1 is 0.533 bits per heavy atom. The van der Waals surface area contributed by atoms with Crippen molar-refractivity contribution in [3.8, 4) is 0 Å². The van der Waals surface area contributed by atoms with E-state index < -0.39 is 34.7 Å². The van der Waals surface area contributed by atoms with Gasteiger partial charge in [-0.15, -0.1) is 0 Å². The van der Waals surface area contributed by atoms with Gasteiger partial charge in [0.2, 0.25) is 0 Å². The summed E-state index contributed by atoms with van der Waals surface area (Å²) < 4.78 is 19.4. The Morgan fingerprint density at radius 2 is 0.700 bits per heavy atom. The molecule has 0 rings (SSSR count). The third kappa shape index (κ3) is 17.0. The zero-order valence-electron chi connectivity index (χ0n) is 18.2. The summed E-state index contributed by atoms with van der Waals surface area (Å²) in [7, 11) is 0. The Balaban J connectivity index is 0. The normalized spacial score (nSPS) is 10.3. The standard InChI is InChI=1S/2C11H16O4/c2*1-5-9(12)14-7-11(3,4)8-15-10(13)6-2/h2*5-6H,1-2,7-8H2,3-4H3. The lowest BCUT2D eigenvalue weighted by Gasteiger charge is -2.22. The molecule has 168 valence electrons. The highest BCUT2D eigenvalue weighted by atomic mass is 16.6. The molecule has 0 saturated heterocycles. The summed E-state index contributed by atoms with van der Waals surface area (Å²) in [4.78, 5) is 43.2. The van der Waals surface area contributed by atoms with Crippen LogP contribution in [0.25, 0.3) is 0 Å². The SMILES string of the molecule is C=CC(=O)OCC(C)(C)COC(=O)C=C.C=CC(=O)OCC(C)(C)COC(=O)C=C. The summed E-state index contributed by atoms with van der Waals surface area (Å²) in [5.41, 5.74) is -0.839. The van der Waals surface area contributed by atoms with Crippen LogP contribution in [0.3, 0.4) is 0 Å². The van der Waals surface area contributed by atoms with Gasteiger partial charge in [-0.25, -0.2) is 19.2 Å². The van der Waals surface area contributed by atoms with Gasteiger partial charge in [-0.05, 0) is 0 Å². The summed E-state index contributed by atoms with van der Waals surface area (Å²) >= 11 is 0. The first-order valence-electron chi connectivity index (χ1n) is 8.99. The molecule has 0 saturated carbocycles. The largest absolute Gasteiger partial charge is 0.462 e. The third-order valence-corrected chi connectivity index (χ3v) is 3.09. The van der Waals surface area contributed by atoms with E-state index >= 15 is 0 Å². The van der Waals surface area contributed by atoms with E-state index in [0.717, 1.165) is 24.3 Å². The van der Waals surface area contributed by atoms with Gasteiger partial charge in [0.05, 0.1) is 26.4 Å². The minimum Gasteiger partial charge on any atom is -0.462 e. The summed E-state index contributed by atoms with van der Waals surface area (Å²) in [5.74, 6) is -1.95. The van der Waals surface area contributed by atoms with Crippen LogP contribution in [0.15, 0.2) is 50.6 Å². The molecule has 0 heterocycles. The molecule has 0 fully saturated rings. The Kier molecular flexibility index (Phi) is 14.3. The number of hydrogen-bond acceptors (Lipinski definition) is 8. The zero-order chi connectivity index (χ0) is 23.8. The van der Waals surface area contributed by atoms with Gasteiger partial charge in [0.15, 0.2) is 0 Å². The third-order valence-electron chi connectivity index (χ3n) is 3.09. The van der Waals surface area contributed by atoms with Crippen LogP contribution in [0.2, 0.25) is 0 Å². The highest BCUT2D eigenvalue weighted by molar-refractivity contribution is 5.82. The maximum absolute atomic E-state index is 10.8. The predicted octanol–water partition coefficient (Wildman–Crippen LogP) is 2.94. The van der Waals surface area contributed by atoms with Gasteiger partial charge >= 0.3 is 23.9 Å². The van der Waals surface area contributed by atoms with E-state index in [1.807, 2.05) is 27.7 Å². The van der Waals surface area contributed by atoms with Gasteiger partial charge in [-0.3, -0.25) is 0 Å². The topological polar surface area (TPSA) is 105 Å². The maximum Gasteiger partial charge on any atom is 0.330 e. The van der Waals surface area contributed by atoms with Gasteiger partial charge in [0, 0.05) is 35.1 Å². The lowest BCUT2D eigenvalue weighted by Crippen LogP contribution is -2.27. The van der Waals surface area contributed by atoms with E-state index in [9.17, 15) is 19.2 Å². The van der Waals surface area contributed by atoms with Crippen LogP contribution < -0.4 is 0 Å². The lowest BCUT2D eigenvalue weighted by molar-refractivity contribution is -0.148. The van der Waals surface area contributed by atoms with Crippen molar-refractivity contribution in [2.45, 2.75) is 27.7 Å². The number of carbonyl (C=O) groups excluding carboxylic acids is 4. The second kappa shape index (κ2) is 14.8. The van der Waals surface area contributed by atoms with E-state index in [4.69, 9.17) is 18.9 Å². The molecular weight excluding hydrogens is 392 g/mol. The molecule has 0 aliphatic rings. The predicted molar refractivity (Wildman–Crippen MR) is 112 cm³/mol. The number of hydrogen-bond donors (Lipinski definition) is 0. The van der Waals surface area contributed by atoms with Crippen molar-refractivity contribution < 1.29 is 38.1 Å². The second-order valence-corrected chi connectivity index (χ2v) is 7.58. The summed E-state index contributed by atoms with van der Waals surface area (Å²) in [6.45, 7) is 21.1. The minimum atomic E-state index is -0.488. The highest BCUT2D eigenvalue weighted by Crippen LogP contribution is 2.17. The molecule has 0 radical (unpaired) electrons. The molecule has 8 heteroatoms. The quantitative estimate of drug-likeness (QED) is 0.267. The number of ether oxygens (including phenoxy) is 4. The molecule has 0 unspecified atom stereocenters. The van der Waals surface area contributed by atoms with Gasteiger partial charge < -0.3 is 18.9 Å². The molecular formula is C22H32O8. The van der Waals surface area contributed by atoms with E-state index in [0.29, 0.717) is 0 Å². The molecule has 0 aliphatic carbocycles. The van der Waals surface area contributed by atoms with Crippen LogP contribution in [0.5, 0.6) is 0 Å². The molecule has 0 atom stereocenters. The number of esters is 4. The summed E-state index contributed by atoms with van der Waals surface area (Å²) in [5, 5.41) is 0. The van der Waals surface area contributed by atoms with Gasteiger partial charge in [-0.2, -0.15) is 0 Å². The molecule has 0 aromatic rings. The molecule has 0 bridgehead atoms. The van der Waals surface area contributed by atoms with Crippen molar-refractivity contribution in [3.63, 3.8) is 0 Å². The fourth-order valence-electron chi connectivity index (χ4n) is 1.39. The monoisotopic (exact) mass is 424 g/mol. The average Bonchev–Trinajstić information content (AvgIpc) is 2.72. The van der Waals surface area contributed by atoms with Crippen molar-refractivity contribution in [2.75, 3.05) is 26.4 Å². The van der Waals surface area contributed by atoms with Crippen LogP contribution in [-0.4, -0.2) is 50.3 Å². The van der Waals surface area contributed by atoms with Crippen LogP contribution in [0.1, 0.15) is 27.7 Å². The molecule has 0 spiro atoms. The summed E-state index contributed by atoms with van der Waals surface area (Å²) in [6.07, 6.45) is 4.36. The van der Waals surface area contributed by atoms with E-state index in [2.05, 4.69) is 26.3 Å². The molecule has 30 heavy (non-hydrogen) atoms. The molecule has 0 aromatic heterocycles. The average molecular weight is 424 g/mol. The van der Waals surface area contributed by atoms with Crippen molar-refractivity contribution >= 4 is 23.9 Å². The van der Waals surface area contributed by atoms with Crippen LogP contribution in [0, 0.1) is 10.8 Å². The Hall–Kier alpha value is -3.16. The van der Waals surface area contributed by atoms with Crippen LogP contribution in [0.4, 0.5) is 0 Å². The maximum atomic E-state index is 10.8. The van der Waals surface area contributed by atoms with Crippen LogP contribution >= 0.6 is 0 Å². The molecule has 0 aromatic carbocycles. The van der Waals surface area contributed by atoms with Gasteiger partial charge in [-0.1, -0.05) is 54.0 Å². The first-order valence-corrected chi connectivity index (χ1v) is 8.99. The molecule has 0 aliphatic heterocycles. The molecule has 0 N–H and O–H groups in total. The van der Waals surface area contributed by atoms with E-state index in [1.165, 1.54) is 0 Å². The number of rotatable bonds is 12. The fraction of sp³-hybridized carbons (Fsp3) is 0.455. The Morgan fingerprint density at radius 3 is 0.833 bits per heavy atom.